The normalized spacial score (nSPS) is 13.5. The van der Waals surface area contributed by atoms with Crippen molar-refractivity contribution >= 4 is 167 Å². The summed E-state index contributed by atoms with van der Waals surface area (Å²) in [4.78, 5) is 7.15. The van der Waals surface area contributed by atoms with E-state index in [0.29, 0.717) is 45.1 Å². The zero-order chi connectivity index (χ0) is 68.8. The van der Waals surface area contributed by atoms with E-state index in [1.807, 2.05) is 146 Å². The van der Waals surface area contributed by atoms with Gasteiger partial charge in [0.2, 0.25) is 0 Å². The predicted octanol–water partition coefficient (Wildman–Crippen LogP) is 14.0. The highest BCUT2D eigenvalue weighted by molar-refractivity contribution is 7.85. The van der Waals surface area contributed by atoms with E-state index in [9.17, 15) is 0 Å². The van der Waals surface area contributed by atoms with E-state index >= 15 is 9.13 Å². The molecular weight excluding hydrogens is 1310 g/mol. The Labute approximate surface area is 603 Å². The van der Waals surface area contributed by atoms with Gasteiger partial charge in [0.05, 0.1) is 5.69 Å². The number of hydrogen-bond acceptors (Lipinski definition) is 9. The lowest BCUT2D eigenvalue weighted by molar-refractivity contribution is 0.467. The molecule has 15 aromatic carbocycles. The third-order valence-electron chi connectivity index (χ3n) is 21.6. The van der Waals surface area contributed by atoms with Gasteiger partial charge >= 0.3 is 0 Å². The molecule has 0 aromatic heterocycles. The van der Waals surface area contributed by atoms with E-state index in [2.05, 4.69) is 221 Å². The average Bonchev–Trinajstić information content (AvgIpc) is 0.671. The standard InChI is InChI=1S/C90H58B3N3O6P2/c97-103(64-37-17-5-18-38-64,65-39-19-6-20-40-65)68-49-51-72-80(55-68)99-82-57-76-85(89-87(82)91(72)70-45-25-27-47-78(70)101-89)93-84-74(95(76)61-33-13-3-14-34-61)53-63(94(59-29-9-1-10-30-59)60-31-11-2-12-32-60)54-75(84)96(62-35-15-4-16-36-62)77-58-83-88-90(86(77)93)102-79-48-28-26-46-71(79)92(88)73-52-50-69(56-81(73)100-83)104(98,66-41-21-7-22-42-66)67-43-23-8-24-44-67/h1-58H. The molecular formula is C90H58B3N3O6P2. The minimum Gasteiger partial charge on any atom is -0.459 e. The molecule has 6 aliphatic rings. The van der Waals surface area contributed by atoms with Crippen LogP contribution in [0.5, 0.6) is 46.0 Å². The largest absolute Gasteiger partial charge is 0.459 e. The number of ether oxygens (including phenoxy) is 4. The van der Waals surface area contributed by atoms with Gasteiger partial charge in [-0.15, -0.1) is 0 Å². The van der Waals surface area contributed by atoms with Gasteiger partial charge in [-0.25, -0.2) is 0 Å². The topological polar surface area (TPSA) is 80.8 Å². The van der Waals surface area contributed by atoms with Crippen LogP contribution in [0.3, 0.4) is 0 Å². The molecule has 15 aromatic rings. The third kappa shape index (κ3) is 8.99. The molecule has 0 atom stereocenters. The van der Waals surface area contributed by atoms with Crippen LogP contribution in [0.15, 0.2) is 352 Å². The summed E-state index contributed by atoms with van der Waals surface area (Å²) < 4.78 is 63.5. The first-order chi connectivity index (χ1) is 51.4. The Kier molecular flexibility index (Phi) is 13.7. The molecule has 104 heavy (non-hydrogen) atoms. The van der Waals surface area contributed by atoms with Crippen LogP contribution in [0, 0.1) is 0 Å². The van der Waals surface area contributed by atoms with E-state index in [0.717, 1.165) is 133 Å². The SMILES string of the molecule is O=P(c1ccccc1)(c1ccccc1)c1ccc2c(c1)Oc1cc3c(c4c1B2c1ccccc1O4)B1c2c(cc(N(c4ccccc4)c4ccccc4)cc2N(c2ccccc2)c2cc4c5c(c21)Oc1ccccc1B5c1ccc(P(=O)(c2ccccc2)c2ccccc2)cc1O4)N3c1ccccc1. The molecule has 0 N–H and O–H groups in total. The van der Waals surface area contributed by atoms with Crippen LogP contribution in [0.25, 0.3) is 0 Å². The zero-order valence-electron chi connectivity index (χ0n) is 55.9. The van der Waals surface area contributed by atoms with Crippen molar-refractivity contribution in [1.82, 2.24) is 0 Å². The lowest BCUT2D eigenvalue weighted by Crippen LogP contribution is -2.66. The number of para-hydroxylation sites is 6. The molecule has 488 valence electrons. The summed E-state index contributed by atoms with van der Waals surface area (Å²) in [5, 5.41) is 4.29. The van der Waals surface area contributed by atoms with Gasteiger partial charge in [0.25, 0.3) is 20.1 Å². The maximum atomic E-state index is 16.4. The number of benzene rings is 15. The number of rotatable bonds is 11. The van der Waals surface area contributed by atoms with E-state index in [1.165, 1.54) is 0 Å². The highest BCUT2D eigenvalue weighted by atomic mass is 31.2. The molecule has 0 aliphatic carbocycles. The lowest BCUT2D eigenvalue weighted by Gasteiger charge is -2.47. The van der Waals surface area contributed by atoms with Gasteiger partial charge in [-0.1, -0.05) is 255 Å². The molecule has 0 bridgehead atoms. The average molecular weight is 1370 g/mol. The monoisotopic (exact) mass is 1370 g/mol. The van der Waals surface area contributed by atoms with Crippen molar-refractivity contribution in [3.63, 3.8) is 0 Å². The van der Waals surface area contributed by atoms with Crippen LogP contribution >= 0.6 is 14.3 Å². The molecule has 0 saturated carbocycles. The van der Waals surface area contributed by atoms with Gasteiger partial charge in [-0.2, -0.15) is 0 Å². The van der Waals surface area contributed by atoms with Crippen molar-refractivity contribution in [2.45, 2.75) is 0 Å². The highest BCUT2D eigenvalue weighted by Crippen LogP contribution is 2.54. The van der Waals surface area contributed by atoms with Crippen molar-refractivity contribution in [2.24, 2.45) is 0 Å². The Bertz CT molecular complexity index is 5660. The highest BCUT2D eigenvalue weighted by Gasteiger charge is 2.54. The Balaban J connectivity index is 0.864. The van der Waals surface area contributed by atoms with Crippen LogP contribution in [0.2, 0.25) is 0 Å². The maximum Gasteiger partial charge on any atom is 0.261 e. The van der Waals surface area contributed by atoms with Gasteiger partial charge in [0.1, 0.15) is 46.0 Å². The maximum absolute atomic E-state index is 16.4. The van der Waals surface area contributed by atoms with Crippen LogP contribution in [-0.4, -0.2) is 20.1 Å². The summed E-state index contributed by atoms with van der Waals surface area (Å²) in [5.74, 6) is 5.31. The lowest BCUT2D eigenvalue weighted by atomic mass is 9.29. The molecule has 6 aliphatic heterocycles. The molecule has 0 fully saturated rings. The molecule has 0 amide bonds. The zero-order valence-corrected chi connectivity index (χ0v) is 57.7. The Morgan fingerprint density at radius 2 is 0.558 bits per heavy atom. The summed E-state index contributed by atoms with van der Waals surface area (Å²) in [7, 11) is -6.94. The number of hydrogen-bond donors (Lipinski definition) is 0. The van der Waals surface area contributed by atoms with E-state index in [4.69, 9.17) is 18.9 Å². The molecule has 21 rings (SSSR count). The minimum absolute atomic E-state index is 0.383. The Morgan fingerprint density at radius 3 is 0.933 bits per heavy atom. The Hall–Kier alpha value is -12.4. The fraction of sp³-hybridized carbons (Fsp3) is 0. The van der Waals surface area contributed by atoms with Crippen LogP contribution in [0.1, 0.15) is 0 Å². The molecule has 0 saturated heterocycles. The second-order valence-corrected chi connectivity index (χ2v) is 32.7. The van der Waals surface area contributed by atoms with Crippen molar-refractivity contribution in [3.8, 4) is 46.0 Å². The summed E-state index contributed by atoms with van der Waals surface area (Å²) in [6, 6.07) is 120. The minimum atomic E-state index is -3.47. The summed E-state index contributed by atoms with van der Waals surface area (Å²) >= 11 is 0. The van der Waals surface area contributed by atoms with Crippen LogP contribution in [0.4, 0.5) is 51.2 Å². The van der Waals surface area contributed by atoms with Crippen molar-refractivity contribution in [1.29, 1.82) is 0 Å². The molecule has 14 heteroatoms. The fourth-order valence-corrected chi connectivity index (χ4v) is 22.5. The first-order valence-corrected chi connectivity index (χ1v) is 38.6. The molecule has 0 unspecified atom stereocenters. The smallest absolute Gasteiger partial charge is 0.261 e. The van der Waals surface area contributed by atoms with E-state index in [-0.39, 0.29) is 13.4 Å². The molecule has 9 nitrogen and oxygen atoms in total. The predicted molar refractivity (Wildman–Crippen MR) is 429 cm³/mol. The summed E-state index contributed by atoms with van der Waals surface area (Å²) in [6.45, 7) is -1.37. The molecule has 0 spiro atoms. The summed E-state index contributed by atoms with van der Waals surface area (Å²) in [5.41, 5.74) is 16.8. The van der Waals surface area contributed by atoms with E-state index < -0.39 is 21.0 Å². The first-order valence-electron chi connectivity index (χ1n) is 35.2. The van der Waals surface area contributed by atoms with Gasteiger partial charge in [-0.05, 0) is 123 Å². The van der Waals surface area contributed by atoms with E-state index in [1.54, 1.807) is 0 Å². The fourth-order valence-electron chi connectivity index (χ4n) is 17.2. The molecule has 6 heterocycles. The van der Waals surface area contributed by atoms with Gasteiger partial charge in [-0.3, -0.25) is 0 Å². The van der Waals surface area contributed by atoms with Crippen LogP contribution < -0.4 is 115 Å². The second-order valence-electron chi connectivity index (χ2n) is 27.1. The van der Waals surface area contributed by atoms with Crippen LogP contribution in [-0.2, 0) is 9.13 Å². The Morgan fingerprint density at radius 1 is 0.240 bits per heavy atom. The first kappa shape index (κ1) is 60.3. The molecule has 0 radical (unpaired) electrons. The third-order valence-corrected chi connectivity index (χ3v) is 27.7. The quantitative estimate of drug-likeness (QED) is 0.0929. The second kappa shape index (κ2) is 23.6. The van der Waals surface area contributed by atoms with Gasteiger partial charge in [0.15, 0.2) is 14.3 Å². The van der Waals surface area contributed by atoms with Crippen molar-refractivity contribution < 1.29 is 28.1 Å². The summed E-state index contributed by atoms with van der Waals surface area (Å²) in [6.07, 6.45) is 0. The van der Waals surface area contributed by atoms with Gasteiger partial charge in [0, 0.05) is 100 Å². The van der Waals surface area contributed by atoms with Gasteiger partial charge < -0.3 is 42.8 Å². The number of nitrogens with zero attached hydrogens (tertiary/aromatic N) is 3. The van der Waals surface area contributed by atoms with Crippen molar-refractivity contribution in [3.05, 3.63) is 352 Å². The number of anilines is 9. The van der Waals surface area contributed by atoms with Crippen molar-refractivity contribution in [2.75, 3.05) is 14.7 Å². The number of fused-ring (bicyclic) bond motifs is 14.